The maximum atomic E-state index is 5.97. The van der Waals surface area contributed by atoms with Gasteiger partial charge in [0.1, 0.15) is 18.1 Å². The van der Waals surface area contributed by atoms with Crippen molar-refractivity contribution in [3.8, 4) is 11.5 Å². The average Bonchev–Trinajstić information content (AvgIpc) is 2.59. The van der Waals surface area contributed by atoms with Crippen LogP contribution in [0.25, 0.3) is 0 Å². The summed E-state index contributed by atoms with van der Waals surface area (Å²) in [5, 5.41) is 3.38. The van der Waals surface area contributed by atoms with Crippen molar-refractivity contribution in [2.75, 3.05) is 18.5 Å². The van der Waals surface area contributed by atoms with Gasteiger partial charge < -0.3 is 14.8 Å². The topological polar surface area (TPSA) is 30.5 Å². The lowest BCUT2D eigenvalue weighted by atomic mass is 9.98. The SMILES string of the molecule is CCC(C)c1ccccc1OCCNc1ccc(OC(C)C)cc1. The summed E-state index contributed by atoms with van der Waals surface area (Å²) < 4.78 is 11.6. The lowest BCUT2D eigenvalue weighted by Crippen LogP contribution is -2.12. The number of rotatable bonds is 9. The highest BCUT2D eigenvalue weighted by Gasteiger charge is 2.09. The van der Waals surface area contributed by atoms with Crippen LogP contribution < -0.4 is 14.8 Å². The first kappa shape index (κ1) is 18.2. The van der Waals surface area contributed by atoms with E-state index in [1.165, 1.54) is 5.56 Å². The van der Waals surface area contributed by atoms with Crippen molar-refractivity contribution in [3.63, 3.8) is 0 Å². The molecule has 1 unspecified atom stereocenters. The zero-order valence-corrected chi connectivity index (χ0v) is 15.2. The zero-order valence-electron chi connectivity index (χ0n) is 15.2. The van der Waals surface area contributed by atoms with Gasteiger partial charge in [-0.15, -0.1) is 0 Å². The summed E-state index contributed by atoms with van der Waals surface area (Å²) in [5.41, 5.74) is 2.36. The number of ether oxygens (including phenoxy) is 2. The third-order valence-electron chi connectivity index (χ3n) is 3.98. The van der Waals surface area contributed by atoms with Gasteiger partial charge in [-0.25, -0.2) is 0 Å². The van der Waals surface area contributed by atoms with Crippen molar-refractivity contribution in [2.45, 2.75) is 46.1 Å². The Balaban J connectivity index is 1.81. The Morgan fingerprint density at radius 3 is 2.33 bits per heavy atom. The van der Waals surface area contributed by atoms with Gasteiger partial charge in [0.15, 0.2) is 0 Å². The first-order valence-electron chi connectivity index (χ1n) is 8.82. The highest BCUT2D eigenvalue weighted by molar-refractivity contribution is 5.46. The van der Waals surface area contributed by atoms with Gasteiger partial charge >= 0.3 is 0 Å². The fraction of sp³-hybridized carbons (Fsp3) is 0.429. The van der Waals surface area contributed by atoms with Crippen molar-refractivity contribution in [2.24, 2.45) is 0 Å². The monoisotopic (exact) mass is 327 g/mol. The van der Waals surface area contributed by atoms with Crippen LogP contribution in [0.5, 0.6) is 11.5 Å². The molecule has 3 nitrogen and oxygen atoms in total. The quantitative estimate of drug-likeness (QED) is 0.619. The Kier molecular flexibility index (Phi) is 6.98. The predicted octanol–water partition coefficient (Wildman–Crippen LogP) is 5.48. The minimum absolute atomic E-state index is 0.197. The van der Waals surface area contributed by atoms with Crippen LogP contribution >= 0.6 is 0 Å². The molecular weight excluding hydrogens is 298 g/mol. The van der Waals surface area contributed by atoms with Gasteiger partial charge in [0.2, 0.25) is 0 Å². The molecule has 0 bridgehead atoms. The lowest BCUT2D eigenvalue weighted by molar-refractivity contribution is 0.242. The Bertz CT molecular complexity index is 607. The molecule has 0 aliphatic heterocycles. The fourth-order valence-electron chi connectivity index (χ4n) is 2.52. The Labute approximate surface area is 146 Å². The van der Waals surface area contributed by atoms with E-state index in [9.17, 15) is 0 Å². The van der Waals surface area contributed by atoms with Crippen LogP contribution in [0.3, 0.4) is 0 Å². The zero-order chi connectivity index (χ0) is 17.4. The van der Waals surface area contributed by atoms with Crippen molar-refractivity contribution >= 4 is 5.69 Å². The first-order chi connectivity index (χ1) is 11.6. The second-order valence-corrected chi connectivity index (χ2v) is 6.31. The summed E-state index contributed by atoms with van der Waals surface area (Å²) in [7, 11) is 0. The van der Waals surface area contributed by atoms with Crippen LogP contribution in [-0.2, 0) is 0 Å². The molecule has 0 radical (unpaired) electrons. The Morgan fingerprint density at radius 1 is 0.958 bits per heavy atom. The van der Waals surface area contributed by atoms with E-state index < -0.39 is 0 Å². The van der Waals surface area contributed by atoms with E-state index in [0.29, 0.717) is 12.5 Å². The Hall–Kier alpha value is -2.16. The molecule has 1 N–H and O–H groups in total. The van der Waals surface area contributed by atoms with E-state index in [-0.39, 0.29) is 6.10 Å². The van der Waals surface area contributed by atoms with Gasteiger partial charge in [-0.2, -0.15) is 0 Å². The molecule has 1 atom stereocenters. The molecule has 0 heterocycles. The lowest BCUT2D eigenvalue weighted by Gasteiger charge is -2.16. The van der Waals surface area contributed by atoms with Gasteiger partial charge in [0, 0.05) is 12.2 Å². The molecule has 0 aliphatic carbocycles. The average molecular weight is 327 g/mol. The summed E-state index contributed by atoms with van der Waals surface area (Å²) in [6.45, 7) is 9.90. The molecule has 2 rings (SSSR count). The van der Waals surface area contributed by atoms with Crippen LogP contribution in [0.2, 0.25) is 0 Å². The molecule has 0 fully saturated rings. The maximum absolute atomic E-state index is 5.97. The van der Waals surface area contributed by atoms with E-state index in [1.807, 2.05) is 44.2 Å². The molecule has 2 aromatic rings. The smallest absolute Gasteiger partial charge is 0.122 e. The van der Waals surface area contributed by atoms with Gasteiger partial charge in [-0.1, -0.05) is 32.0 Å². The maximum Gasteiger partial charge on any atom is 0.122 e. The molecule has 130 valence electrons. The highest BCUT2D eigenvalue weighted by atomic mass is 16.5. The standard InChI is InChI=1S/C21H29NO2/c1-5-17(4)20-8-6-7-9-21(20)23-15-14-22-18-10-12-19(13-11-18)24-16(2)3/h6-13,16-17,22H,5,14-15H2,1-4H3. The first-order valence-corrected chi connectivity index (χ1v) is 8.82. The Morgan fingerprint density at radius 2 is 1.67 bits per heavy atom. The molecule has 0 aromatic heterocycles. The number of para-hydroxylation sites is 1. The van der Waals surface area contributed by atoms with E-state index in [2.05, 4.69) is 37.4 Å². The molecule has 0 amide bonds. The second-order valence-electron chi connectivity index (χ2n) is 6.31. The van der Waals surface area contributed by atoms with Crippen molar-refractivity contribution < 1.29 is 9.47 Å². The third-order valence-corrected chi connectivity index (χ3v) is 3.98. The molecule has 0 saturated heterocycles. The van der Waals surface area contributed by atoms with Crippen LogP contribution in [0.4, 0.5) is 5.69 Å². The van der Waals surface area contributed by atoms with Crippen molar-refractivity contribution in [1.29, 1.82) is 0 Å². The largest absolute Gasteiger partial charge is 0.491 e. The van der Waals surface area contributed by atoms with Crippen molar-refractivity contribution in [1.82, 2.24) is 0 Å². The van der Waals surface area contributed by atoms with E-state index in [0.717, 1.165) is 30.2 Å². The summed E-state index contributed by atoms with van der Waals surface area (Å²) >= 11 is 0. The number of nitrogens with one attached hydrogen (secondary N) is 1. The van der Waals surface area contributed by atoms with E-state index in [1.54, 1.807) is 0 Å². The summed E-state index contributed by atoms with van der Waals surface area (Å²) in [5.74, 6) is 2.41. The van der Waals surface area contributed by atoms with Crippen molar-refractivity contribution in [3.05, 3.63) is 54.1 Å². The normalized spacial score (nSPS) is 12.0. The molecule has 3 heteroatoms. The third kappa shape index (κ3) is 5.48. The fourth-order valence-corrected chi connectivity index (χ4v) is 2.52. The second kappa shape index (κ2) is 9.21. The summed E-state index contributed by atoms with van der Waals surface area (Å²) in [4.78, 5) is 0. The van der Waals surface area contributed by atoms with Crippen LogP contribution in [0.1, 0.15) is 45.6 Å². The van der Waals surface area contributed by atoms with E-state index >= 15 is 0 Å². The molecule has 2 aromatic carbocycles. The van der Waals surface area contributed by atoms with Crippen LogP contribution in [0, 0.1) is 0 Å². The van der Waals surface area contributed by atoms with Gasteiger partial charge in [-0.05, 0) is 62.1 Å². The molecule has 0 aliphatic rings. The summed E-state index contributed by atoms with van der Waals surface area (Å²) in [6.07, 6.45) is 1.31. The van der Waals surface area contributed by atoms with Crippen LogP contribution in [0.15, 0.2) is 48.5 Å². The molecular formula is C21H29NO2. The number of anilines is 1. The van der Waals surface area contributed by atoms with Gasteiger partial charge in [0.05, 0.1) is 6.10 Å². The number of hydrogen-bond donors (Lipinski definition) is 1. The van der Waals surface area contributed by atoms with Crippen LogP contribution in [-0.4, -0.2) is 19.3 Å². The predicted molar refractivity (Wildman–Crippen MR) is 101 cm³/mol. The molecule has 24 heavy (non-hydrogen) atoms. The number of benzene rings is 2. The van der Waals surface area contributed by atoms with Gasteiger partial charge in [0.25, 0.3) is 0 Å². The van der Waals surface area contributed by atoms with E-state index in [4.69, 9.17) is 9.47 Å². The van der Waals surface area contributed by atoms with Gasteiger partial charge in [-0.3, -0.25) is 0 Å². The minimum atomic E-state index is 0.197. The summed E-state index contributed by atoms with van der Waals surface area (Å²) in [6, 6.07) is 16.4. The highest BCUT2D eigenvalue weighted by Crippen LogP contribution is 2.28. The number of hydrogen-bond acceptors (Lipinski definition) is 3. The minimum Gasteiger partial charge on any atom is -0.491 e. The molecule has 0 spiro atoms. The molecule has 0 saturated carbocycles.